The van der Waals surface area contributed by atoms with Crippen LogP contribution in [0.15, 0.2) is 0 Å². The van der Waals surface area contributed by atoms with Crippen molar-refractivity contribution in [3.63, 3.8) is 0 Å². The van der Waals surface area contributed by atoms with Gasteiger partial charge in [0.15, 0.2) is 0 Å². The Hall–Kier alpha value is -0.860. The summed E-state index contributed by atoms with van der Waals surface area (Å²) in [5.74, 6) is 0.468. The van der Waals surface area contributed by atoms with E-state index in [4.69, 9.17) is 0 Å². The first-order valence-electron chi connectivity index (χ1n) is 4.49. The summed E-state index contributed by atoms with van der Waals surface area (Å²) in [6.07, 6.45) is 3.23. The second kappa shape index (κ2) is 2.57. The van der Waals surface area contributed by atoms with Crippen molar-refractivity contribution in [2.75, 3.05) is 0 Å². The fourth-order valence-electron chi connectivity index (χ4n) is 2.49. The van der Waals surface area contributed by atoms with E-state index in [0.29, 0.717) is 18.6 Å². The fourth-order valence-corrected chi connectivity index (χ4v) is 2.49. The number of rotatable bonds is 0. The number of hydrogen-bond donors (Lipinski definition) is 0. The minimum atomic E-state index is 0.134. The van der Waals surface area contributed by atoms with Gasteiger partial charge < -0.3 is 4.90 Å². The summed E-state index contributed by atoms with van der Waals surface area (Å²) >= 11 is 0. The Kier molecular flexibility index (Phi) is 1.67. The molecule has 0 saturated carbocycles. The monoisotopic (exact) mass is 167 g/mol. The smallest absolute Gasteiger partial charge is 0.219 e. The van der Waals surface area contributed by atoms with Crippen LogP contribution in [0.4, 0.5) is 0 Å². The number of Topliss-reactive ketones (excluding diaryl/α,β-unsaturated/α-hetero) is 1. The number of carbonyl (C=O) groups is 2. The first-order valence-corrected chi connectivity index (χ1v) is 4.49. The minimum Gasteiger partial charge on any atom is -0.336 e. The molecule has 3 nitrogen and oxygen atoms in total. The summed E-state index contributed by atoms with van der Waals surface area (Å²) in [5, 5.41) is 0. The van der Waals surface area contributed by atoms with Crippen LogP contribution < -0.4 is 0 Å². The van der Waals surface area contributed by atoms with E-state index in [1.165, 1.54) is 0 Å². The summed E-state index contributed by atoms with van der Waals surface area (Å²) in [6, 6.07) is 0.461. The van der Waals surface area contributed by atoms with Gasteiger partial charge in [-0.1, -0.05) is 0 Å². The van der Waals surface area contributed by atoms with Crippen LogP contribution in [0.25, 0.3) is 0 Å². The van der Waals surface area contributed by atoms with E-state index in [1.54, 1.807) is 6.92 Å². The van der Waals surface area contributed by atoms with Gasteiger partial charge in [-0.3, -0.25) is 9.59 Å². The van der Waals surface area contributed by atoms with Crippen LogP contribution in [0.3, 0.4) is 0 Å². The van der Waals surface area contributed by atoms with Gasteiger partial charge in [-0.2, -0.15) is 0 Å². The average Bonchev–Trinajstić information content (AvgIpc) is 2.24. The highest BCUT2D eigenvalue weighted by Crippen LogP contribution is 2.33. The van der Waals surface area contributed by atoms with E-state index < -0.39 is 0 Å². The van der Waals surface area contributed by atoms with Crippen LogP contribution in [0.1, 0.15) is 32.6 Å². The Morgan fingerprint density at radius 3 is 2.25 bits per heavy atom. The summed E-state index contributed by atoms with van der Waals surface area (Å²) in [6.45, 7) is 1.60. The first-order chi connectivity index (χ1) is 5.68. The van der Waals surface area contributed by atoms with Gasteiger partial charge in [0.2, 0.25) is 5.91 Å². The summed E-state index contributed by atoms with van der Waals surface area (Å²) in [7, 11) is 0. The van der Waals surface area contributed by atoms with Gasteiger partial charge >= 0.3 is 0 Å². The van der Waals surface area contributed by atoms with Crippen LogP contribution in [-0.4, -0.2) is 28.7 Å². The van der Waals surface area contributed by atoms with Crippen molar-refractivity contribution in [2.24, 2.45) is 0 Å². The third kappa shape index (κ3) is 1.04. The molecule has 2 heterocycles. The van der Waals surface area contributed by atoms with E-state index in [0.717, 1.165) is 12.8 Å². The molecule has 0 radical (unpaired) electrons. The molecular formula is C9H13NO2. The minimum absolute atomic E-state index is 0.134. The molecule has 0 aliphatic carbocycles. The molecule has 2 fully saturated rings. The van der Waals surface area contributed by atoms with E-state index in [9.17, 15) is 9.59 Å². The number of nitrogens with zero attached hydrogens (tertiary/aromatic N) is 1. The molecule has 3 heteroatoms. The van der Waals surface area contributed by atoms with Crippen molar-refractivity contribution < 1.29 is 9.59 Å². The van der Waals surface area contributed by atoms with Crippen molar-refractivity contribution in [1.82, 2.24) is 4.90 Å². The van der Waals surface area contributed by atoms with E-state index in [-0.39, 0.29) is 18.0 Å². The van der Waals surface area contributed by atoms with Crippen molar-refractivity contribution >= 4 is 11.7 Å². The predicted molar refractivity (Wildman–Crippen MR) is 43.6 cm³/mol. The second-order valence-electron chi connectivity index (χ2n) is 3.76. The Morgan fingerprint density at radius 2 is 1.83 bits per heavy atom. The number of piperidine rings is 1. The highest BCUT2D eigenvalue weighted by molar-refractivity contribution is 5.84. The van der Waals surface area contributed by atoms with E-state index in [1.807, 2.05) is 4.90 Å². The second-order valence-corrected chi connectivity index (χ2v) is 3.76. The molecular weight excluding hydrogens is 154 g/mol. The molecule has 2 atom stereocenters. The molecule has 66 valence electrons. The lowest BCUT2D eigenvalue weighted by Crippen LogP contribution is -2.45. The van der Waals surface area contributed by atoms with E-state index >= 15 is 0 Å². The maximum Gasteiger partial charge on any atom is 0.219 e. The van der Waals surface area contributed by atoms with Gasteiger partial charge in [0.1, 0.15) is 5.78 Å². The molecule has 1 amide bonds. The highest BCUT2D eigenvalue weighted by Gasteiger charge is 2.41. The van der Waals surface area contributed by atoms with Crippen LogP contribution in [0.5, 0.6) is 0 Å². The van der Waals surface area contributed by atoms with Crippen molar-refractivity contribution in [1.29, 1.82) is 0 Å². The summed E-state index contributed by atoms with van der Waals surface area (Å²) < 4.78 is 0. The largest absolute Gasteiger partial charge is 0.336 e. The van der Waals surface area contributed by atoms with Gasteiger partial charge in [0, 0.05) is 31.8 Å². The normalized spacial score (nSPS) is 34.1. The average molecular weight is 167 g/mol. The SMILES string of the molecule is CC(=O)N1C2CCC1CC(=O)C2. The Bertz CT molecular complexity index is 221. The quantitative estimate of drug-likeness (QED) is 0.533. The zero-order chi connectivity index (χ0) is 8.72. The third-order valence-corrected chi connectivity index (χ3v) is 2.91. The maximum atomic E-state index is 11.2. The lowest BCUT2D eigenvalue weighted by Gasteiger charge is -2.33. The standard InChI is InChI=1S/C9H13NO2/c1-6(11)10-7-2-3-8(10)5-9(12)4-7/h7-8H,2-5H2,1H3. The van der Waals surface area contributed by atoms with Crippen LogP contribution >= 0.6 is 0 Å². The lowest BCUT2D eigenvalue weighted by atomic mass is 10.0. The molecule has 2 aliphatic heterocycles. The number of hydrogen-bond acceptors (Lipinski definition) is 2. The number of amides is 1. The molecule has 2 unspecified atom stereocenters. The van der Waals surface area contributed by atoms with Gasteiger partial charge in [0.25, 0.3) is 0 Å². The zero-order valence-electron chi connectivity index (χ0n) is 7.25. The molecule has 0 N–H and O–H groups in total. The van der Waals surface area contributed by atoms with Crippen LogP contribution in [-0.2, 0) is 9.59 Å². The number of fused-ring (bicyclic) bond motifs is 2. The zero-order valence-corrected chi connectivity index (χ0v) is 7.25. The third-order valence-electron chi connectivity index (χ3n) is 2.91. The van der Waals surface area contributed by atoms with Crippen molar-refractivity contribution in [3.8, 4) is 0 Å². The summed E-state index contributed by atoms with van der Waals surface area (Å²) in [4.78, 5) is 24.2. The Morgan fingerprint density at radius 1 is 1.33 bits per heavy atom. The number of carbonyl (C=O) groups excluding carboxylic acids is 2. The fraction of sp³-hybridized carbons (Fsp3) is 0.778. The van der Waals surface area contributed by atoms with Gasteiger partial charge in [0.05, 0.1) is 0 Å². The maximum absolute atomic E-state index is 11.2. The molecule has 2 aliphatic rings. The van der Waals surface area contributed by atoms with Crippen LogP contribution in [0, 0.1) is 0 Å². The molecule has 0 aromatic rings. The van der Waals surface area contributed by atoms with E-state index in [2.05, 4.69) is 0 Å². The molecule has 2 bridgehead atoms. The summed E-state index contributed by atoms with van der Waals surface area (Å²) in [5.41, 5.74) is 0. The van der Waals surface area contributed by atoms with Crippen molar-refractivity contribution in [2.45, 2.75) is 44.7 Å². The Labute approximate surface area is 71.7 Å². The predicted octanol–water partition coefficient (Wildman–Crippen LogP) is 0.729. The molecule has 0 aromatic heterocycles. The van der Waals surface area contributed by atoms with Gasteiger partial charge in [-0.25, -0.2) is 0 Å². The highest BCUT2D eigenvalue weighted by atomic mass is 16.2. The topological polar surface area (TPSA) is 37.4 Å². The van der Waals surface area contributed by atoms with Crippen molar-refractivity contribution in [3.05, 3.63) is 0 Å². The molecule has 2 saturated heterocycles. The molecule has 12 heavy (non-hydrogen) atoms. The lowest BCUT2D eigenvalue weighted by molar-refractivity contribution is -0.136. The number of ketones is 1. The van der Waals surface area contributed by atoms with Gasteiger partial charge in [-0.05, 0) is 12.8 Å². The Balaban J connectivity index is 2.19. The molecule has 0 aromatic carbocycles. The molecule has 2 rings (SSSR count). The van der Waals surface area contributed by atoms with Gasteiger partial charge in [-0.15, -0.1) is 0 Å². The van der Waals surface area contributed by atoms with Crippen LogP contribution in [0.2, 0.25) is 0 Å². The molecule has 0 spiro atoms. The first kappa shape index (κ1) is 7.77.